The van der Waals surface area contributed by atoms with Crippen molar-refractivity contribution in [2.24, 2.45) is 0 Å². The van der Waals surface area contributed by atoms with Crippen LogP contribution in [0, 0.1) is 24.0 Å². The summed E-state index contributed by atoms with van der Waals surface area (Å²) in [6.07, 6.45) is 2.42. The highest BCUT2D eigenvalue weighted by molar-refractivity contribution is 5.59. The topological polar surface area (TPSA) is 68.3 Å². The number of hydrogen-bond donors (Lipinski definition) is 1. The summed E-state index contributed by atoms with van der Waals surface area (Å²) in [5, 5.41) is 14.3. The number of nitro groups is 1. The van der Waals surface area contributed by atoms with E-state index in [9.17, 15) is 10.1 Å². The molecule has 2 aromatic rings. The molecule has 1 atom stereocenters. The number of benzene rings is 1. The first-order chi connectivity index (χ1) is 9.47. The van der Waals surface area contributed by atoms with Crippen molar-refractivity contribution in [3.63, 3.8) is 0 Å². The van der Waals surface area contributed by atoms with E-state index in [-0.39, 0.29) is 16.7 Å². The molecular formula is C15H18N2O3. The summed E-state index contributed by atoms with van der Waals surface area (Å²) >= 11 is 0. The van der Waals surface area contributed by atoms with Crippen LogP contribution in [0.1, 0.15) is 23.8 Å². The van der Waals surface area contributed by atoms with Gasteiger partial charge in [0.05, 0.1) is 11.2 Å². The Hall–Kier alpha value is -2.30. The van der Waals surface area contributed by atoms with Gasteiger partial charge in [0, 0.05) is 29.8 Å². The molecule has 0 fully saturated rings. The molecule has 5 nitrogen and oxygen atoms in total. The Labute approximate surface area is 117 Å². The Kier molecular flexibility index (Phi) is 4.08. The molecular weight excluding hydrogens is 256 g/mol. The molecule has 1 unspecified atom stereocenters. The molecule has 1 heterocycles. The van der Waals surface area contributed by atoms with Crippen molar-refractivity contribution in [3.05, 3.63) is 57.5 Å². The van der Waals surface area contributed by atoms with E-state index in [1.807, 2.05) is 25.1 Å². The third-order valence-electron chi connectivity index (χ3n) is 3.23. The Balaban J connectivity index is 2.13. The Morgan fingerprint density at radius 2 is 2.10 bits per heavy atom. The predicted molar refractivity (Wildman–Crippen MR) is 78.1 cm³/mol. The van der Waals surface area contributed by atoms with E-state index in [0.717, 1.165) is 23.4 Å². The zero-order valence-electron chi connectivity index (χ0n) is 11.8. The highest BCUT2D eigenvalue weighted by Crippen LogP contribution is 2.26. The molecule has 0 aliphatic heterocycles. The van der Waals surface area contributed by atoms with Crippen molar-refractivity contribution in [2.75, 3.05) is 5.32 Å². The van der Waals surface area contributed by atoms with Gasteiger partial charge in [-0.2, -0.15) is 0 Å². The van der Waals surface area contributed by atoms with E-state index >= 15 is 0 Å². The standard InChI is InChI=1S/C15H18N2O3/c1-10-8-15(17(18)19)11(2)7-14(10)16-12(3)9-13-5-4-6-20-13/h4-8,12,16H,9H2,1-3H3. The second kappa shape index (κ2) is 5.77. The second-order valence-electron chi connectivity index (χ2n) is 5.04. The van der Waals surface area contributed by atoms with Crippen LogP contribution in [0.5, 0.6) is 0 Å². The van der Waals surface area contributed by atoms with E-state index in [1.165, 1.54) is 0 Å². The molecule has 0 spiro atoms. The van der Waals surface area contributed by atoms with Gasteiger partial charge in [-0.15, -0.1) is 0 Å². The summed E-state index contributed by atoms with van der Waals surface area (Å²) in [4.78, 5) is 10.5. The molecule has 5 heteroatoms. The van der Waals surface area contributed by atoms with Gasteiger partial charge in [0.15, 0.2) is 0 Å². The van der Waals surface area contributed by atoms with E-state index in [2.05, 4.69) is 12.2 Å². The fourth-order valence-electron chi connectivity index (χ4n) is 2.20. The zero-order chi connectivity index (χ0) is 14.7. The first-order valence-corrected chi connectivity index (χ1v) is 6.52. The summed E-state index contributed by atoms with van der Waals surface area (Å²) in [5.41, 5.74) is 2.61. The number of rotatable bonds is 5. The lowest BCUT2D eigenvalue weighted by molar-refractivity contribution is -0.385. The number of anilines is 1. The maximum atomic E-state index is 10.9. The summed E-state index contributed by atoms with van der Waals surface area (Å²) in [7, 11) is 0. The predicted octanol–water partition coefficient (Wildman–Crippen LogP) is 3.85. The van der Waals surface area contributed by atoms with Crippen LogP contribution in [0.4, 0.5) is 11.4 Å². The lowest BCUT2D eigenvalue weighted by Crippen LogP contribution is -2.18. The van der Waals surface area contributed by atoms with Gasteiger partial charge in [-0.05, 0) is 44.5 Å². The normalized spacial score (nSPS) is 12.2. The molecule has 0 bridgehead atoms. The van der Waals surface area contributed by atoms with Crippen LogP contribution in [-0.2, 0) is 6.42 Å². The Bertz CT molecular complexity index is 606. The molecule has 106 valence electrons. The van der Waals surface area contributed by atoms with E-state index in [1.54, 1.807) is 19.3 Å². The van der Waals surface area contributed by atoms with Gasteiger partial charge < -0.3 is 9.73 Å². The van der Waals surface area contributed by atoms with Gasteiger partial charge in [-0.1, -0.05) is 0 Å². The molecule has 0 aliphatic rings. The molecule has 2 rings (SSSR count). The fraction of sp³-hybridized carbons (Fsp3) is 0.333. The molecule has 1 aromatic heterocycles. The number of nitrogens with one attached hydrogen (secondary N) is 1. The van der Waals surface area contributed by atoms with E-state index < -0.39 is 0 Å². The van der Waals surface area contributed by atoms with Gasteiger partial charge >= 0.3 is 0 Å². The van der Waals surface area contributed by atoms with Gasteiger partial charge in [0.1, 0.15) is 5.76 Å². The smallest absolute Gasteiger partial charge is 0.272 e. The first-order valence-electron chi connectivity index (χ1n) is 6.52. The van der Waals surface area contributed by atoms with Crippen molar-refractivity contribution in [2.45, 2.75) is 33.2 Å². The summed E-state index contributed by atoms with van der Waals surface area (Å²) in [5.74, 6) is 0.918. The highest BCUT2D eigenvalue weighted by Gasteiger charge is 2.14. The third kappa shape index (κ3) is 3.17. The third-order valence-corrected chi connectivity index (χ3v) is 3.23. The Morgan fingerprint density at radius 3 is 2.70 bits per heavy atom. The van der Waals surface area contributed by atoms with Crippen molar-refractivity contribution >= 4 is 11.4 Å². The highest BCUT2D eigenvalue weighted by atomic mass is 16.6. The van der Waals surface area contributed by atoms with Gasteiger partial charge in [0.25, 0.3) is 5.69 Å². The van der Waals surface area contributed by atoms with Crippen molar-refractivity contribution in [1.29, 1.82) is 0 Å². The second-order valence-corrected chi connectivity index (χ2v) is 5.04. The lowest BCUT2D eigenvalue weighted by atomic mass is 10.1. The van der Waals surface area contributed by atoms with Crippen LogP contribution in [0.3, 0.4) is 0 Å². The van der Waals surface area contributed by atoms with Crippen LogP contribution in [0.2, 0.25) is 0 Å². The number of furan rings is 1. The number of aryl methyl sites for hydroxylation is 2. The number of nitrogens with zero attached hydrogens (tertiary/aromatic N) is 1. The van der Waals surface area contributed by atoms with E-state index in [0.29, 0.717) is 5.56 Å². The zero-order valence-corrected chi connectivity index (χ0v) is 11.8. The monoisotopic (exact) mass is 274 g/mol. The van der Waals surface area contributed by atoms with Crippen LogP contribution in [-0.4, -0.2) is 11.0 Å². The van der Waals surface area contributed by atoms with Crippen LogP contribution < -0.4 is 5.32 Å². The molecule has 0 saturated carbocycles. The summed E-state index contributed by atoms with van der Waals surface area (Å²) in [6, 6.07) is 7.42. The number of nitro benzene ring substituents is 1. The molecule has 1 N–H and O–H groups in total. The average Bonchev–Trinajstić information content (AvgIpc) is 2.85. The molecule has 0 saturated heterocycles. The largest absolute Gasteiger partial charge is 0.469 e. The summed E-state index contributed by atoms with van der Waals surface area (Å²) in [6.45, 7) is 5.67. The lowest BCUT2D eigenvalue weighted by Gasteiger charge is -2.16. The van der Waals surface area contributed by atoms with Crippen molar-refractivity contribution in [3.8, 4) is 0 Å². The van der Waals surface area contributed by atoms with Gasteiger partial charge in [0.2, 0.25) is 0 Å². The Morgan fingerprint density at radius 1 is 1.35 bits per heavy atom. The van der Waals surface area contributed by atoms with Crippen molar-refractivity contribution < 1.29 is 9.34 Å². The quantitative estimate of drug-likeness (QED) is 0.664. The SMILES string of the molecule is Cc1cc([N+](=O)[O-])c(C)cc1NC(C)Cc1ccco1. The fourth-order valence-corrected chi connectivity index (χ4v) is 2.20. The van der Waals surface area contributed by atoms with Crippen LogP contribution >= 0.6 is 0 Å². The maximum Gasteiger partial charge on any atom is 0.272 e. The molecule has 0 aliphatic carbocycles. The first kappa shape index (κ1) is 14.1. The minimum Gasteiger partial charge on any atom is -0.469 e. The van der Waals surface area contributed by atoms with Crippen LogP contribution in [0.15, 0.2) is 34.9 Å². The molecule has 0 amide bonds. The molecule has 20 heavy (non-hydrogen) atoms. The van der Waals surface area contributed by atoms with Gasteiger partial charge in [-0.3, -0.25) is 10.1 Å². The van der Waals surface area contributed by atoms with Crippen molar-refractivity contribution in [1.82, 2.24) is 0 Å². The number of hydrogen-bond acceptors (Lipinski definition) is 4. The minimum atomic E-state index is -0.349. The molecule has 1 aromatic carbocycles. The molecule has 0 radical (unpaired) electrons. The maximum absolute atomic E-state index is 10.9. The van der Waals surface area contributed by atoms with E-state index in [4.69, 9.17) is 4.42 Å². The van der Waals surface area contributed by atoms with Crippen LogP contribution in [0.25, 0.3) is 0 Å². The minimum absolute atomic E-state index is 0.159. The van der Waals surface area contributed by atoms with Gasteiger partial charge in [-0.25, -0.2) is 0 Å². The average molecular weight is 274 g/mol. The summed E-state index contributed by atoms with van der Waals surface area (Å²) < 4.78 is 5.32.